The third kappa shape index (κ3) is 4.80. The molecule has 1 N–H and O–H groups in total. The van der Waals surface area contributed by atoms with E-state index in [2.05, 4.69) is 5.32 Å². The Bertz CT molecular complexity index is 1380. The van der Waals surface area contributed by atoms with Crippen molar-refractivity contribution in [3.8, 4) is 0 Å². The van der Waals surface area contributed by atoms with E-state index in [1.807, 2.05) is 42.5 Å². The fourth-order valence-corrected chi connectivity index (χ4v) is 4.38. The highest BCUT2D eigenvalue weighted by Gasteiger charge is 2.31. The molecule has 3 aromatic carbocycles. The smallest absolute Gasteiger partial charge is 0.347 e. The molecule has 0 radical (unpaired) electrons. The average Bonchev–Trinajstić information content (AvgIpc) is 2.80. The van der Waals surface area contributed by atoms with E-state index >= 15 is 0 Å². The van der Waals surface area contributed by atoms with E-state index in [1.165, 1.54) is 24.0 Å². The van der Waals surface area contributed by atoms with Crippen LogP contribution in [0.5, 0.6) is 0 Å². The Morgan fingerprint density at radius 1 is 1.00 bits per heavy atom. The number of hydrogen-bond acceptors (Lipinski definition) is 3. The van der Waals surface area contributed by atoms with Crippen LogP contribution in [0.15, 0.2) is 93.6 Å². The normalized spacial score (nSPS) is 11.5. The minimum atomic E-state index is -4.59. The van der Waals surface area contributed by atoms with Crippen molar-refractivity contribution >= 4 is 34.3 Å². The summed E-state index contributed by atoms with van der Waals surface area (Å²) in [5.74, 6) is -0.678. The zero-order valence-corrected chi connectivity index (χ0v) is 18.3. The summed E-state index contributed by atoms with van der Waals surface area (Å²) in [5.41, 5.74) is -1.05. The number of hydrogen-bond donors (Lipinski definition) is 1. The Hall–Kier alpha value is -3.52. The fourth-order valence-electron chi connectivity index (χ4n) is 3.46. The van der Waals surface area contributed by atoms with Gasteiger partial charge in [-0.2, -0.15) is 13.2 Å². The molecule has 0 aliphatic carbocycles. The molecule has 0 aliphatic heterocycles. The van der Waals surface area contributed by atoms with Gasteiger partial charge in [-0.3, -0.25) is 9.59 Å². The quantitative estimate of drug-likeness (QED) is 0.367. The van der Waals surface area contributed by atoms with Gasteiger partial charge in [-0.1, -0.05) is 42.1 Å². The van der Waals surface area contributed by atoms with Gasteiger partial charge in [0.25, 0.3) is 5.91 Å². The summed E-state index contributed by atoms with van der Waals surface area (Å²) in [7, 11) is 0. The van der Waals surface area contributed by atoms with E-state index < -0.39 is 23.1 Å². The van der Waals surface area contributed by atoms with E-state index in [9.17, 15) is 22.8 Å². The molecule has 4 aromatic rings. The van der Waals surface area contributed by atoms with Crippen LogP contribution in [0, 0.1) is 0 Å². The SMILES string of the molecule is CCn1cc(C(=O)Nc2ccccc2Sc2ccccc2)c(=O)c2cc(C(F)(F)F)ccc21. The lowest BCUT2D eigenvalue weighted by molar-refractivity contribution is -0.137. The summed E-state index contributed by atoms with van der Waals surface area (Å²) >= 11 is 1.45. The average molecular weight is 469 g/mol. The predicted octanol–water partition coefficient (Wildman–Crippen LogP) is 6.44. The van der Waals surface area contributed by atoms with Crippen molar-refractivity contribution in [3.05, 3.63) is 100 Å². The Balaban J connectivity index is 1.73. The number of carbonyl (C=O) groups is 1. The highest BCUT2D eigenvalue weighted by Crippen LogP contribution is 2.34. The van der Waals surface area contributed by atoms with Gasteiger partial charge < -0.3 is 9.88 Å². The van der Waals surface area contributed by atoms with Crippen LogP contribution in [0.25, 0.3) is 10.9 Å². The molecule has 0 saturated heterocycles. The molecule has 0 unspecified atom stereocenters. The highest BCUT2D eigenvalue weighted by molar-refractivity contribution is 7.99. The largest absolute Gasteiger partial charge is 0.416 e. The first-order valence-electron chi connectivity index (χ1n) is 10.2. The molecule has 0 atom stereocenters. The molecule has 8 heteroatoms. The molecule has 1 aromatic heterocycles. The Labute approximate surface area is 192 Å². The van der Waals surface area contributed by atoms with Crippen LogP contribution in [0.2, 0.25) is 0 Å². The summed E-state index contributed by atoms with van der Waals surface area (Å²) < 4.78 is 41.2. The van der Waals surface area contributed by atoms with Gasteiger partial charge in [0.15, 0.2) is 0 Å². The van der Waals surface area contributed by atoms with Gasteiger partial charge in [-0.05, 0) is 49.4 Å². The summed E-state index contributed by atoms with van der Waals surface area (Å²) in [6.07, 6.45) is -3.20. The van der Waals surface area contributed by atoms with E-state index in [0.29, 0.717) is 17.7 Å². The molecule has 4 rings (SSSR count). The first-order chi connectivity index (χ1) is 15.8. The van der Waals surface area contributed by atoms with Crippen LogP contribution in [-0.4, -0.2) is 10.5 Å². The number of benzene rings is 3. The Kier molecular flexibility index (Phi) is 6.29. The Morgan fingerprint density at radius 3 is 2.39 bits per heavy atom. The zero-order valence-electron chi connectivity index (χ0n) is 17.5. The topological polar surface area (TPSA) is 51.1 Å². The van der Waals surface area contributed by atoms with Gasteiger partial charge in [-0.15, -0.1) is 0 Å². The lowest BCUT2D eigenvalue weighted by atomic mass is 10.1. The number of pyridine rings is 1. The number of nitrogens with one attached hydrogen (secondary N) is 1. The summed E-state index contributed by atoms with van der Waals surface area (Å²) in [6.45, 7) is 2.16. The fraction of sp³-hybridized carbons (Fsp3) is 0.120. The third-order valence-corrected chi connectivity index (χ3v) is 6.18. The molecule has 33 heavy (non-hydrogen) atoms. The zero-order chi connectivity index (χ0) is 23.6. The van der Waals surface area contributed by atoms with Crippen LogP contribution in [-0.2, 0) is 12.7 Å². The first-order valence-corrected chi connectivity index (χ1v) is 11.0. The van der Waals surface area contributed by atoms with E-state index in [0.717, 1.165) is 21.9 Å². The number of para-hydroxylation sites is 1. The lowest BCUT2D eigenvalue weighted by Gasteiger charge is -2.15. The van der Waals surface area contributed by atoms with Gasteiger partial charge in [0.05, 0.1) is 16.8 Å². The van der Waals surface area contributed by atoms with Crippen LogP contribution >= 0.6 is 11.8 Å². The standard InChI is InChI=1S/C25H19F3N2O2S/c1-2-30-15-19(23(31)18-14-16(25(26,27)28)12-13-21(18)30)24(32)29-20-10-6-7-11-22(20)33-17-8-4-3-5-9-17/h3-15H,2H2,1H3,(H,29,32). The summed E-state index contributed by atoms with van der Waals surface area (Å²) in [4.78, 5) is 27.9. The van der Waals surface area contributed by atoms with Crippen LogP contribution in [0.1, 0.15) is 22.8 Å². The van der Waals surface area contributed by atoms with Crippen molar-refractivity contribution in [2.45, 2.75) is 29.4 Å². The van der Waals surface area contributed by atoms with Gasteiger partial charge in [-0.25, -0.2) is 0 Å². The second-order valence-corrected chi connectivity index (χ2v) is 8.37. The van der Waals surface area contributed by atoms with Gasteiger partial charge in [0.1, 0.15) is 5.56 Å². The first kappa shape index (κ1) is 22.7. The number of aromatic nitrogens is 1. The minimum absolute atomic E-state index is 0.147. The van der Waals surface area contributed by atoms with E-state index in [4.69, 9.17) is 0 Å². The molecule has 0 aliphatic rings. The van der Waals surface area contributed by atoms with Gasteiger partial charge in [0.2, 0.25) is 5.43 Å². The van der Waals surface area contributed by atoms with Crippen LogP contribution < -0.4 is 10.7 Å². The summed E-state index contributed by atoms with van der Waals surface area (Å²) in [6, 6.07) is 19.7. The molecule has 0 bridgehead atoms. The molecular formula is C25H19F3N2O2S. The molecule has 0 saturated carbocycles. The third-order valence-electron chi connectivity index (χ3n) is 5.10. The Morgan fingerprint density at radius 2 is 1.70 bits per heavy atom. The minimum Gasteiger partial charge on any atom is -0.347 e. The van der Waals surface area contributed by atoms with Gasteiger partial charge >= 0.3 is 6.18 Å². The van der Waals surface area contributed by atoms with Crippen molar-refractivity contribution in [1.29, 1.82) is 0 Å². The maximum Gasteiger partial charge on any atom is 0.416 e. The summed E-state index contributed by atoms with van der Waals surface area (Å²) in [5, 5.41) is 2.61. The van der Waals surface area contributed by atoms with Crippen molar-refractivity contribution in [3.63, 3.8) is 0 Å². The van der Waals surface area contributed by atoms with Crippen molar-refractivity contribution in [2.75, 3.05) is 5.32 Å². The molecule has 1 heterocycles. The van der Waals surface area contributed by atoms with Crippen molar-refractivity contribution < 1.29 is 18.0 Å². The molecular weight excluding hydrogens is 449 g/mol. The second kappa shape index (κ2) is 9.15. The molecule has 0 spiro atoms. The second-order valence-electron chi connectivity index (χ2n) is 7.25. The molecule has 168 valence electrons. The van der Waals surface area contributed by atoms with Crippen LogP contribution in [0.3, 0.4) is 0 Å². The molecule has 1 amide bonds. The number of aryl methyl sites for hydroxylation is 1. The highest BCUT2D eigenvalue weighted by atomic mass is 32.2. The number of nitrogens with zero attached hydrogens (tertiary/aromatic N) is 1. The number of alkyl halides is 3. The van der Waals surface area contributed by atoms with E-state index in [1.54, 1.807) is 23.6 Å². The monoisotopic (exact) mass is 468 g/mol. The molecule has 4 nitrogen and oxygen atoms in total. The van der Waals surface area contributed by atoms with E-state index in [-0.39, 0.29) is 10.9 Å². The number of carbonyl (C=O) groups excluding carboxylic acids is 1. The number of halogens is 3. The van der Waals surface area contributed by atoms with Crippen molar-refractivity contribution in [2.24, 2.45) is 0 Å². The number of rotatable bonds is 5. The number of anilines is 1. The van der Waals surface area contributed by atoms with Crippen LogP contribution in [0.4, 0.5) is 18.9 Å². The number of fused-ring (bicyclic) bond motifs is 1. The predicted molar refractivity (Wildman–Crippen MR) is 124 cm³/mol. The molecule has 0 fully saturated rings. The maximum absolute atomic E-state index is 13.2. The lowest BCUT2D eigenvalue weighted by Crippen LogP contribution is -2.24. The van der Waals surface area contributed by atoms with Crippen molar-refractivity contribution in [1.82, 2.24) is 4.57 Å². The maximum atomic E-state index is 13.2. The van der Waals surface area contributed by atoms with Gasteiger partial charge in [0, 0.05) is 27.9 Å². The number of amides is 1.